The van der Waals surface area contributed by atoms with Crippen molar-refractivity contribution in [2.75, 3.05) is 19.7 Å². The fourth-order valence-corrected chi connectivity index (χ4v) is 3.85. The van der Waals surface area contributed by atoms with E-state index in [0.29, 0.717) is 38.5 Å². The maximum absolute atomic E-state index is 12.3. The zero-order valence-electron chi connectivity index (χ0n) is 14.8. The van der Waals surface area contributed by atoms with Gasteiger partial charge in [-0.3, -0.25) is 4.98 Å². The molecule has 3 aliphatic rings. The molecule has 0 aromatic carbocycles. The number of likely N-dealkylation sites (tertiary alicyclic amines) is 1. The predicted octanol–water partition coefficient (Wildman–Crippen LogP) is 3.01. The van der Waals surface area contributed by atoms with Gasteiger partial charge in [0.15, 0.2) is 5.60 Å². The largest absolute Gasteiger partial charge is 0.478 e. The average molecular weight is 354 g/mol. The van der Waals surface area contributed by atoms with E-state index in [-0.39, 0.29) is 6.09 Å². The van der Waals surface area contributed by atoms with E-state index >= 15 is 0 Å². The minimum absolute atomic E-state index is 0.203. The van der Waals surface area contributed by atoms with E-state index in [1.54, 1.807) is 11.2 Å². The molecular weight excluding hydrogens is 332 g/mol. The number of nitrogens with zero attached hydrogens (tertiary/aromatic N) is 3. The van der Waals surface area contributed by atoms with Crippen LogP contribution >= 0.6 is 0 Å². The predicted molar refractivity (Wildman–Crippen MR) is 93.7 cm³/mol. The van der Waals surface area contributed by atoms with Crippen molar-refractivity contribution in [3.05, 3.63) is 29.8 Å². The number of aryl methyl sites for hydroxylation is 1. The Morgan fingerprint density at radius 3 is 2.92 bits per heavy atom. The number of aromatic nitrogens is 3. The van der Waals surface area contributed by atoms with Crippen LogP contribution < -0.4 is 4.74 Å². The first-order chi connectivity index (χ1) is 12.6. The smallest absolute Gasteiger partial charge is 0.409 e. The van der Waals surface area contributed by atoms with Crippen LogP contribution in [0.3, 0.4) is 0 Å². The third-order valence-corrected chi connectivity index (χ3v) is 5.58. The molecule has 1 aliphatic carbocycles. The number of fused-ring (bicyclic) bond motifs is 4. The highest BCUT2D eigenvalue weighted by Crippen LogP contribution is 2.47. The molecule has 2 aromatic heterocycles. The van der Waals surface area contributed by atoms with Gasteiger partial charge in [-0.05, 0) is 37.3 Å². The maximum atomic E-state index is 12.3. The molecule has 0 radical (unpaired) electrons. The molecule has 2 fully saturated rings. The molecule has 1 saturated carbocycles. The van der Waals surface area contributed by atoms with Crippen molar-refractivity contribution >= 4 is 6.09 Å². The second-order valence-corrected chi connectivity index (χ2v) is 7.59. The van der Waals surface area contributed by atoms with E-state index in [1.165, 1.54) is 12.8 Å². The Morgan fingerprint density at radius 2 is 2.15 bits per heavy atom. The molecule has 0 bridgehead atoms. The molecule has 26 heavy (non-hydrogen) atoms. The first-order valence-corrected chi connectivity index (χ1v) is 9.26. The Balaban J connectivity index is 1.36. The highest BCUT2D eigenvalue weighted by atomic mass is 16.6. The second kappa shape index (κ2) is 5.72. The van der Waals surface area contributed by atoms with Gasteiger partial charge in [0.05, 0.1) is 18.6 Å². The quantitative estimate of drug-likeness (QED) is 0.897. The first kappa shape index (κ1) is 15.7. The molecule has 5 rings (SSSR count). The Labute approximate surface area is 151 Å². The summed E-state index contributed by atoms with van der Waals surface area (Å²) in [7, 11) is 0. The SMILES string of the molecule is Cc1cnc2c(c1)OC1(CCN(C(=O)OCC3CC3)CC1)c1[nH]cnc1-2. The van der Waals surface area contributed by atoms with Gasteiger partial charge in [-0.25, -0.2) is 9.78 Å². The van der Waals surface area contributed by atoms with Crippen LogP contribution in [0.2, 0.25) is 0 Å². The molecular formula is C19H22N4O3. The van der Waals surface area contributed by atoms with Crippen molar-refractivity contribution in [1.29, 1.82) is 0 Å². The van der Waals surface area contributed by atoms with Crippen LogP contribution in [0.25, 0.3) is 11.4 Å². The number of imidazole rings is 1. The zero-order chi connectivity index (χ0) is 17.7. The van der Waals surface area contributed by atoms with Crippen LogP contribution in [-0.4, -0.2) is 45.6 Å². The summed E-state index contributed by atoms with van der Waals surface area (Å²) in [5, 5.41) is 0. The lowest BCUT2D eigenvalue weighted by Crippen LogP contribution is -2.49. The highest BCUT2D eigenvalue weighted by molar-refractivity contribution is 5.70. The van der Waals surface area contributed by atoms with E-state index < -0.39 is 5.60 Å². The molecule has 1 N–H and O–H groups in total. The molecule has 1 spiro atoms. The van der Waals surface area contributed by atoms with Gasteiger partial charge >= 0.3 is 6.09 Å². The van der Waals surface area contributed by atoms with Crippen LogP contribution in [-0.2, 0) is 10.3 Å². The summed E-state index contributed by atoms with van der Waals surface area (Å²) in [4.78, 5) is 26.3. The van der Waals surface area contributed by atoms with Crippen molar-refractivity contribution in [2.45, 2.75) is 38.2 Å². The second-order valence-electron chi connectivity index (χ2n) is 7.59. The molecule has 0 unspecified atom stereocenters. The summed E-state index contributed by atoms with van der Waals surface area (Å²) >= 11 is 0. The molecule has 1 saturated heterocycles. The van der Waals surface area contributed by atoms with Gasteiger partial charge in [-0.1, -0.05) is 0 Å². The standard InChI is InChI=1S/C19H22N4O3/c1-12-8-14-15(20-9-12)16-17(22-11-21-16)19(26-14)4-6-23(7-5-19)18(24)25-10-13-2-3-13/h8-9,11,13H,2-7,10H2,1H3,(H,21,22). The van der Waals surface area contributed by atoms with Crippen molar-refractivity contribution in [1.82, 2.24) is 19.9 Å². The number of carbonyl (C=O) groups is 1. The van der Waals surface area contributed by atoms with Gasteiger partial charge < -0.3 is 19.4 Å². The Hall–Kier alpha value is -2.57. The van der Waals surface area contributed by atoms with E-state index in [2.05, 4.69) is 15.0 Å². The lowest BCUT2D eigenvalue weighted by Gasteiger charge is -2.43. The Morgan fingerprint density at radius 1 is 1.35 bits per heavy atom. The van der Waals surface area contributed by atoms with Gasteiger partial charge in [0, 0.05) is 32.1 Å². The number of carbonyl (C=O) groups excluding carboxylic acids is 1. The minimum Gasteiger partial charge on any atom is -0.478 e. The summed E-state index contributed by atoms with van der Waals surface area (Å²) in [5.41, 5.74) is 3.17. The highest BCUT2D eigenvalue weighted by Gasteiger charge is 2.46. The van der Waals surface area contributed by atoms with Gasteiger partial charge in [0.1, 0.15) is 17.1 Å². The van der Waals surface area contributed by atoms with E-state index in [1.807, 2.05) is 19.2 Å². The number of nitrogens with one attached hydrogen (secondary N) is 1. The fraction of sp³-hybridized carbons (Fsp3) is 0.526. The zero-order valence-corrected chi connectivity index (χ0v) is 14.8. The molecule has 2 aliphatic heterocycles. The van der Waals surface area contributed by atoms with Crippen molar-refractivity contribution in [2.24, 2.45) is 5.92 Å². The lowest BCUT2D eigenvalue weighted by atomic mass is 9.84. The van der Waals surface area contributed by atoms with Crippen molar-refractivity contribution in [3.8, 4) is 17.1 Å². The fourth-order valence-electron chi connectivity index (χ4n) is 3.85. The molecule has 7 heteroatoms. The van der Waals surface area contributed by atoms with Crippen LogP contribution in [0, 0.1) is 12.8 Å². The molecule has 1 amide bonds. The number of piperidine rings is 1. The van der Waals surface area contributed by atoms with Crippen LogP contribution in [0.1, 0.15) is 36.9 Å². The first-order valence-electron chi connectivity index (χ1n) is 9.26. The number of rotatable bonds is 2. The number of aromatic amines is 1. The van der Waals surface area contributed by atoms with E-state index in [0.717, 1.165) is 28.4 Å². The van der Waals surface area contributed by atoms with Gasteiger partial charge in [0.25, 0.3) is 0 Å². The maximum Gasteiger partial charge on any atom is 0.409 e. The summed E-state index contributed by atoms with van der Waals surface area (Å²) in [6.07, 6.45) is 7.09. The topological polar surface area (TPSA) is 80.3 Å². The number of ether oxygens (including phenoxy) is 2. The summed E-state index contributed by atoms with van der Waals surface area (Å²) < 4.78 is 11.9. The number of pyridine rings is 1. The third kappa shape index (κ3) is 2.53. The molecule has 136 valence electrons. The van der Waals surface area contributed by atoms with Crippen LogP contribution in [0.5, 0.6) is 5.75 Å². The number of hydrogen-bond acceptors (Lipinski definition) is 5. The van der Waals surface area contributed by atoms with Crippen molar-refractivity contribution in [3.63, 3.8) is 0 Å². The van der Waals surface area contributed by atoms with Crippen LogP contribution in [0.15, 0.2) is 18.6 Å². The Bertz CT molecular complexity index is 850. The third-order valence-electron chi connectivity index (χ3n) is 5.58. The lowest BCUT2D eigenvalue weighted by molar-refractivity contribution is -0.00914. The summed E-state index contributed by atoms with van der Waals surface area (Å²) in [5.74, 6) is 1.35. The van der Waals surface area contributed by atoms with Crippen molar-refractivity contribution < 1.29 is 14.3 Å². The monoisotopic (exact) mass is 354 g/mol. The summed E-state index contributed by atoms with van der Waals surface area (Å²) in [6.45, 7) is 3.77. The van der Waals surface area contributed by atoms with Gasteiger partial charge in [-0.2, -0.15) is 0 Å². The van der Waals surface area contributed by atoms with Crippen LogP contribution in [0.4, 0.5) is 4.79 Å². The minimum atomic E-state index is -0.485. The Kier molecular flexibility index (Phi) is 3.45. The van der Waals surface area contributed by atoms with Gasteiger partial charge in [-0.15, -0.1) is 0 Å². The number of amides is 1. The number of hydrogen-bond donors (Lipinski definition) is 1. The molecule has 2 aromatic rings. The molecule has 7 nitrogen and oxygen atoms in total. The van der Waals surface area contributed by atoms with E-state index in [9.17, 15) is 4.79 Å². The molecule has 4 heterocycles. The number of H-pyrrole nitrogens is 1. The molecule has 0 atom stereocenters. The normalized spacial score (nSPS) is 20.3. The summed E-state index contributed by atoms with van der Waals surface area (Å²) in [6, 6.07) is 2.01. The average Bonchev–Trinajstić information content (AvgIpc) is 3.34. The van der Waals surface area contributed by atoms with Gasteiger partial charge in [0.2, 0.25) is 0 Å². The van der Waals surface area contributed by atoms with E-state index in [4.69, 9.17) is 9.47 Å².